The summed E-state index contributed by atoms with van der Waals surface area (Å²) in [5.41, 5.74) is 2.79. The average Bonchev–Trinajstić information content (AvgIpc) is 2.44. The molecule has 4 rings (SSSR count). The van der Waals surface area contributed by atoms with E-state index < -0.39 is 0 Å². The van der Waals surface area contributed by atoms with Crippen molar-refractivity contribution in [2.24, 2.45) is 0 Å². The summed E-state index contributed by atoms with van der Waals surface area (Å²) < 4.78 is 0. The van der Waals surface area contributed by atoms with Crippen LogP contribution in [0, 0.1) is 0 Å². The van der Waals surface area contributed by atoms with Gasteiger partial charge in [0.25, 0.3) is 0 Å². The van der Waals surface area contributed by atoms with Gasteiger partial charge < -0.3 is 10.2 Å². The number of piperazine rings is 1. The molecule has 19 heavy (non-hydrogen) atoms. The molecule has 0 unspecified atom stereocenters. The zero-order chi connectivity index (χ0) is 13.0. The van der Waals surface area contributed by atoms with Gasteiger partial charge in [-0.15, -0.1) is 0 Å². The highest BCUT2D eigenvalue weighted by Gasteiger charge is 2.47. The summed E-state index contributed by atoms with van der Waals surface area (Å²) in [5, 5.41) is 3.57. The predicted molar refractivity (Wildman–Crippen MR) is 73.8 cm³/mol. The first-order valence-electron chi connectivity index (χ1n) is 7.42. The number of piperidine rings is 1. The van der Waals surface area contributed by atoms with Crippen molar-refractivity contribution in [3.8, 4) is 0 Å². The molecule has 1 aromatic rings. The maximum Gasteiger partial charge on any atom is 0.240 e. The van der Waals surface area contributed by atoms with Crippen LogP contribution >= 0.6 is 0 Å². The van der Waals surface area contributed by atoms with Gasteiger partial charge in [0.15, 0.2) is 0 Å². The highest BCUT2D eigenvalue weighted by atomic mass is 16.2. The van der Waals surface area contributed by atoms with Crippen molar-refractivity contribution < 1.29 is 4.79 Å². The van der Waals surface area contributed by atoms with E-state index in [-0.39, 0.29) is 12.1 Å². The molecule has 2 bridgehead atoms. The topological polar surface area (TPSA) is 32.3 Å². The van der Waals surface area contributed by atoms with E-state index in [0.717, 1.165) is 12.8 Å². The number of hydrogen-bond acceptors (Lipinski definition) is 2. The molecule has 2 saturated heterocycles. The van der Waals surface area contributed by atoms with Gasteiger partial charge in [-0.25, -0.2) is 0 Å². The van der Waals surface area contributed by atoms with Crippen molar-refractivity contribution in [3.05, 3.63) is 35.4 Å². The predicted octanol–water partition coefficient (Wildman–Crippen LogP) is 2.03. The van der Waals surface area contributed by atoms with Crippen molar-refractivity contribution in [1.82, 2.24) is 10.2 Å². The molecule has 1 N–H and O–H groups in total. The molecule has 0 saturated carbocycles. The Kier molecular flexibility index (Phi) is 2.46. The number of hydrogen-bond donors (Lipinski definition) is 1. The summed E-state index contributed by atoms with van der Waals surface area (Å²) in [7, 11) is 0. The molecule has 3 heterocycles. The Labute approximate surface area is 114 Å². The lowest BCUT2D eigenvalue weighted by Gasteiger charge is -2.53. The Morgan fingerprint density at radius 2 is 2.11 bits per heavy atom. The molecule has 0 spiro atoms. The number of amides is 1. The fourth-order valence-electron chi connectivity index (χ4n) is 4.20. The Hall–Kier alpha value is -1.35. The third-order valence-corrected chi connectivity index (χ3v) is 5.02. The number of nitrogens with one attached hydrogen (secondary N) is 1. The molecule has 3 nitrogen and oxygen atoms in total. The summed E-state index contributed by atoms with van der Waals surface area (Å²) in [4.78, 5) is 14.8. The van der Waals surface area contributed by atoms with Gasteiger partial charge >= 0.3 is 0 Å². The molecule has 1 amide bonds. The van der Waals surface area contributed by atoms with Crippen LogP contribution in [0.4, 0.5) is 0 Å². The standard InChI is InChI=1S/C16H20N2O/c1-10-9-11-5-2-3-6-12(11)15-13-7-4-8-14(17-13)16(19)18(10)15/h2-3,5-6,10,13-15,17H,4,7-9H2,1H3/t10-,13+,14-,15+/m0/s1. The Morgan fingerprint density at radius 1 is 1.26 bits per heavy atom. The summed E-state index contributed by atoms with van der Waals surface area (Å²) >= 11 is 0. The van der Waals surface area contributed by atoms with E-state index >= 15 is 0 Å². The zero-order valence-corrected chi connectivity index (χ0v) is 11.3. The van der Waals surface area contributed by atoms with E-state index in [1.165, 1.54) is 24.0 Å². The van der Waals surface area contributed by atoms with Gasteiger partial charge in [0.2, 0.25) is 5.91 Å². The molecule has 0 aliphatic carbocycles. The van der Waals surface area contributed by atoms with Crippen LogP contribution in [-0.4, -0.2) is 28.9 Å². The van der Waals surface area contributed by atoms with Gasteiger partial charge in [-0.05, 0) is 43.7 Å². The van der Waals surface area contributed by atoms with Crippen LogP contribution in [-0.2, 0) is 11.2 Å². The fourth-order valence-corrected chi connectivity index (χ4v) is 4.20. The number of carbonyl (C=O) groups is 1. The normalized spacial score (nSPS) is 36.7. The fraction of sp³-hybridized carbons (Fsp3) is 0.562. The number of benzene rings is 1. The van der Waals surface area contributed by atoms with Crippen LogP contribution in [0.15, 0.2) is 24.3 Å². The van der Waals surface area contributed by atoms with Gasteiger partial charge in [-0.1, -0.05) is 24.3 Å². The van der Waals surface area contributed by atoms with E-state index in [1.54, 1.807) is 0 Å². The second-order valence-electron chi connectivity index (χ2n) is 6.20. The lowest BCUT2D eigenvalue weighted by atomic mass is 9.78. The van der Waals surface area contributed by atoms with Crippen LogP contribution in [0.3, 0.4) is 0 Å². The first kappa shape index (κ1) is 11.5. The van der Waals surface area contributed by atoms with E-state index in [1.807, 2.05) is 0 Å². The Bertz CT molecular complexity index is 527. The number of fused-ring (bicyclic) bond motifs is 6. The van der Waals surface area contributed by atoms with E-state index in [2.05, 4.69) is 41.4 Å². The van der Waals surface area contributed by atoms with Gasteiger partial charge in [0.05, 0.1) is 12.1 Å². The summed E-state index contributed by atoms with van der Waals surface area (Å²) in [6.45, 7) is 2.20. The van der Waals surface area contributed by atoms with Crippen molar-refractivity contribution in [2.45, 2.75) is 56.8 Å². The van der Waals surface area contributed by atoms with Gasteiger partial charge in [-0.2, -0.15) is 0 Å². The van der Waals surface area contributed by atoms with Gasteiger partial charge in [0, 0.05) is 12.1 Å². The minimum absolute atomic E-state index is 0.0720. The monoisotopic (exact) mass is 256 g/mol. The lowest BCUT2D eigenvalue weighted by Crippen LogP contribution is -2.66. The smallest absolute Gasteiger partial charge is 0.240 e. The Balaban J connectivity index is 1.83. The zero-order valence-electron chi connectivity index (χ0n) is 11.3. The van der Waals surface area contributed by atoms with Crippen LogP contribution in [0.1, 0.15) is 43.4 Å². The molecular formula is C16H20N2O. The Morgan fingerprint density at radius 3 is 3.00 bits per heavy atom. The molecule has 4 atom stereocenters. The lowest BCUT2D eigenvalue weighted by molar-refractivity contribution is -0.146. The molecule has 3 heteroatoms. The highest BCUT2D eigenvalue weighted by molar-refractivity contribution is 5.84. The molecule has 3 aliphatic rings. The van der Waals surface area contributed by atoms with E-state index in [4.69, 9.17) is 0 Å². The molecule has 1 aromatic carbocycles. The van der Waals surface area contributed by atoms with Crippen LogP contribution in [0.25, 0.3) is 0 Å². The molecule has 100 valence electrons. The molecule has 0 radical (unpaired) electrons. The third kappa shape index (κ3) is 1.57. The third-order valence-electron chi connectivity index (χ3n) is 5.02. The number of nitrogens with zero attached hydrogens (tertiary/aromatic N) is 1. The molecule has 0 aromatic heterocycles. The first-order chi connectivity index (χ1) is 9.25. The quantitative estimate of drug-likeness (QED) is 0.770. The maximum atomic E-state index is 12.7. The molecular weight excluding hydrogens is 236 g/mol. The number of rotatable bonds is 0. The number of carbonyl (C=O) groups excluding carboxylic acids is 1. The van der Waals surface area contributed by atoms with Crippen molar-refractivity contribution in [2.75, 3.05) is 0 Å². The molecule has 3 aliphatic heterocycles. The van der Waals surface area contributed by atoms with E-state index in [9.17, 15) is 4.79 Å². The van der Waals surface area contributed by atoms with E-state index in [0.29, 0.717) is 18.0 Å². The second-order valence-corrected chi connectivity index (χ2v) is 6.20. The average molecular weight is 256 g/mol. The van der Waals surface area contributed by atoms with Crippen LogP contribution in [0.2, 0.25) is 0 Å². The summed E-state index contributed by atoms with van der Waals surface area (Å²) in [5.74, 6) is 0.322. The first-order valence-corrected chi connectivity index (χ1v) is 7.42. The van der Waals surface area contributed by atoms with Crippen molar-refractivity contribution in [1.29, 1.82) is 0 Å². The minimum atomic E-state index is 0.0720. The van der Waals surface area contributed by atoms with Gasteiger partial charge in [-0.3, -0.25) is 4.79 Å². The SMILES string of the molecule is C[C@H]1Cc2ccccc2[C@@H]2[C@H]3CCC[C@H](N3)C(=O)N21. The second kappa shape index (κ2) is 4.07. The molecule has 2 fully saturated rings. The minimum Gasteiger partial charge on any atom is -0.330 e. The summed E-state index contributed by atoms with van der Waals surface area (Å²) in [6.07, 6.45) is 4.37. The van der Waals surface area contributed by atoms with Crippen molar-refractivity contribution in [3.63, 3.8) is 0 Å². The largest absolute Gasteiger partial charge is 0.330 e. The maximum absolute atomic E-state index is 12.7. The summed E-state index contributed by atoms with van der Waals surface area (Å²) in [6, 6.07) is 9.76. The van der Waals surface area contributed by atoms with Crippen LogP contribution < -0.4 is 5.32 Å². The highest BCUT2D eigenvalue weighted by Crippen LogP contribution is 2.41. The van der Waals surface area contributed by atoms with Gasteiger partial charge in [0.1, 0.15) is 0 Å². The van der Waals surface area contributed by atoms with Crippen LogP contribution in [0.5, 0.6) is 0 Å². The van der Waals surface area contributed by atoms with Crippen molar-refractivity contribution >= 4 is 5.91 Å².